The van der Waals surface area contributed by atoms with E-state index in [-0.39, 0.29) is 5.91 Å². The Morgan fingerprint density at radius 3 is 2.74 bits per heavy atom. The van der Waals surface area contributed by atoms with Crippen LogP contribution in [0.4, 0.5) is 17.6 Å². The number of thiophene rings is 1. The molecule has 3 N–H and O–H groups in total. The maximum atomic E-state index is 12.2. The average molecular weight is 441 g/mol. The maximum absolute atomic E-state index is 12.2. The van der Waals surface area contributed by atoms with Gasteiger partial charge in [-0.2, -0.15) is 10.1 Å². The minimum atomic E-state index is 0.180. The third-order valence-corrected chi connectivity index (χ3v) is 7.20. The van der Waals surface area contributed by atoms with Crippen LogP contribution in [0.25, 0.3) is 10.2 Å². The molecule has 2 saturated heterocycles. The lowest BCUT2D eigenvalue weighted by molar-refractivity contribution is -0.131. The molecule has 0 aromatic carbocycles. The average Bonchev–Trinajstić information content (AvgIpc) is 3.41. The Labute approximate surface area is 185 Å². The second kappa shape index (κ2) is 8.08. The summed E-state index contributed by atoms with van der Waals surface area (Å²) < 4.78 is 1.02. The summed E-state index contributed by atoms with van der Waals surface area (Å²) in [6.45, 7) is 2.49. The van der Waals surface area contributed by atoms with Gasteiger partial charge in [-0.05, 0) is 44.1 Å². The van der Waals surface area contributed by atoms with Crippen molar-refractivity contribution in [2.45, 2.75) is 50.7 Å². The minimum Gasteiger partial charge on any atom is -0.351 e. The summed E-state index contributed by atoms with van der Waals surface area (Å²) in [7, 11) is 3.65. The highest BCUT2D eigenvalue weighted by atomic mass is 32.1. The van der Waals surface area contributed by atoms with Crippen LogP contribution in [0.5, 0.6) is 0 Å². The van der Waals surface area contributed by atoms with E-state index in [9.17, 15) is 4.79 Å². The lowest BCUT2D eigenvalue weighted by Crippen LogP contribution is -2.50. The van der Waals surface area contributed by atoms with Gasteiger partial charge in [0.1, 0.15) is 0 Å². The number of likely N-dealkylation sites (N-methyl/N-ethyl adjacent to an activating group) is 1. The van der Waals surface area contributed by atoms with E-state index in [0.717, 1.165) is 53.2 Å². The Bertz CT molecular complexity index is 1080. The number of aryl methyl sites for hydroxylation is 1. The molecule has 164 valence electrons. The number of piperidine rings is 1. The Morgan fingerprint density at radius 1 is 1.29 bits per heavy atom. The van der Waals surface area contributed by atoms with E-state index < -0.39 is 0 Å². The van der Waals surface area contributed by atoms with Crippen molar-refractivity contribution < 1.29 is 4.79 Å². The topological polar surface area (TPSA) is 102 Å². The fourth-order valence-corrected chi connectivity index (χ4v) is 5.52. The zero-order valence-corrected chi connectivity index (χ0v) is 18.9. The molecule has 2 bridgehead atoms. The highest BCUT2D eigenvalue weighted by Gasteiger charge is 2.41. The Morgan fingerprint density at radius 2 is 2.06 bits per heavy atom. The van der Waals surface area contributed by atoms with E-state index in [1.807, 2.05) is 38.5 Å². The number of nitrogens with one attached hydrogen (secondary N) is 3. The number of carbonyl (C=O) groups excluding carboxylic acids is 1. The quantitative estimate of drug-likeness (QED) is 0.542. The molecule has 2 aliphatic rings. The molecule has 2 fully saturated rings. The number of amides is 1. The number of aromatic amines is 1. The second-order valence-electron chi connectivity index (χ2n) is 8.75. The number of nitrogens with zero attached hydrogens (tertiary/aromatic N) is 5. The summed E-state index contributed by atoms with van der Waals surface area (Å²) in [5.41, 5.74) is 1.92. The Balaban J connectivity index is 1.32. The van der Waals surface area contributed by atoms with Gasteiger partial charge in [0, 0.05) is 44.0 Å². The van der Waals surface area contributed by atoms with Crippen molar-refractivity contribution in [2.75, 3.05) is 31.3 Å². The summed E-state index contributed by atoms with van der Waals surface area (Å²) in [5.74, 6) is 2.33. The van der Waals surface area contributed by atoms with Crippen LogP contribution in [0.15, 0.2) is 17.5 Å². The van der Waals surface area contributed by atoms with Gasteiger partial charge in [0.15, 0.2) is 11.6 Å². The number of anilines is 3. The standard InChI is InChI=1S/C21H28N8OS/c1-12-8-17(27-26-12)24-20-19-16(6-7-31-19)23-21(25-20)22-13-9-14-4-5-15(10-13)29(14)11-18(30)28(2)3/h6-8,13-15H,4-5,9-11H2,1-3H3,(H3,22,23,24,25,26,27)/t13-,14+,15-. The van der Waals surface area contributed by atoms with E-state index in [0.29, 0.717) is 30.6 Å². The fraction of sp³-hybridized carbons (Fsp3) is 0.524. The monoisotopic (exact) mass is 440 g/mol. The summed E-state index contributed by atoms with van der Waals surface area (Å²) in [5, 5.41) is 16.2. The molecule has 1 amide bonds. The largest absolute Gasteiger partial charge is 0.351 e. The first-order valence-corrected chi connectivity index (χ1v) is 11.6. The van der Waals surface area contributed by atoms with Crippen molar-refractivity contribution in [3.05, 3.63) is 23.2 Å². The fourth-order valence-electron chi connectivity index (χ4n) is 4.75. The van der Waals surface area contributed by atoms with Crippen LogP contribution in [0.3, 0.4) is 0 Å². The molecule has 31 heavy (non-hydrogen) atoms. The molecule has 10 heteroatoms. The molecule has 0 radical (unpaired) electrons. The van der Waals surface area contributed by atoms with Crippen LogP contribution >= 0.6 is 11.3 Å². The van der Waals surface area contributed by atoms with Crippen molar-refractivity contribution in [3.63, 3.8) is 0 Å². The smallest absolute Gasteiger partial charge is 0.236 e. The third-order valence-electron chi connectivity index (χ3n) is 6.29. The van der Waals surface area contributed by atoms with Gasteiger partial charge in [-0.3, -0.25) is 14.8 Å². The Kier molecular flexibility index (Phi) is 5.27. The number of H-pyrrole nitrogens is 1. The number of fused-ring (bicyclic) bond motifs is 3. The number of hydrogen-bond acceptors (Lipinski definition) is 8. The van der Waals surface area contributed by atoms with E-state index >= 15 is 0 Å². The first kappa shape index (κ1) is 20.2. The van der Waals surface area contributed by atoms with Crippen LogP contribution in [0.1, 0.15) is 31.4 Å². The van der Waals surface area contributed by atoms with Crippen molar-refractivity contribution >= 4 is 45.0 Å². The molecule has 5 heterocycles. The Hall–Kier alpha value is -2.72. The summed E-state index contributed by atoms with van der Waals surface area (Å²) in [4.78, 5) is 25.8. The van der Waals surface area contributed by atoms with Gasteiger partial charge in [-0.15, -0.1) is 11.3 Å². The molecule has 0 saturated carbocycles. The molecule has 9 nitrogen and oxygen atoms in total. The van der Waals surface area contributed by atoms with Gasteiger partial charge in [0.2, 0.25) is 11.9 Å². The van der Waals surface area contributed by atoms with E-state index in [1.54, 1.807) is 16.2 Å². The van der Waals surface area contributed by atoms with Gasteiger partial charge in [-0.1, -0.05) is 0 Å². The summed E-state index contributed by atoms with van der Waals surface area (Å²) in [6.07, 6.45) is 4.31. The van der Waals surface area contributed by atoms with Crippen molar-refractivity contribution in [2.24, 2.45) is 0 Å². The molecule has 3 aromatic rings. The molecule has 0 spiro atoms. The second-order valence-corrected chi connectivity index (χ2v) is 9.67. The SMILES string of the molecule is Cc1cc(Nc2nc(N[C@H]3C[C@H]4CC[C@@H](C3)N4CC(=O)N(C)C)nc3ccsc23)n[nH]1. The van der Waals surface area contributed by atoms with Gasteiger partial charge >= 0.3 is 0 Å². The van der Waals surface area contributed by atoms with Crippen molar-refractivity contribution in [1.29, 1.82) is 0 Å². The molecule has 2 aliphatic heterocycles. The van der Waals surface area contributed by atoms with E-state index in [4.69, 9.17) is 9.97 Å². The lowest BCUT2D eigenvalue weighted by Gasteiger charge is -2.39. The first-order chi connectivity index (χ1) is 15.0. The predicted octanol–water partition coefficient (Wildman–Crippen LogP) is 2.96. The molecular weight excluding hydrogens is 412 g/mol. The minimum absolute atomic E-state index is 0.180. The number of carbonyl (C=O) groups is 1. The summed E-state index contributed by atoms with van der Waals surface area (Å²) >= 11 is 1.62. The van der Waals surface area contributed by atoms with Gasteiger partial charge in [0.25, 0.3) is 0 Å². The van der Waals surface area contributed by atoms with Crippen LogP contribution in [0.2, 0.25) is 0 Å². The van der Waals surface area contributed by atoms with Crippen molar-refractivity contribution in [1.82, 2.24) is 30.0 Å². The molecule has 3 aromatic heterocycles. The summed E-state index contributed by atoms with van der Waals surface area (Å²) in [6, 6.07) is 5.16. The number of aromatic nitrogens is 4. The van der Waals surface area contributed by atoms with Crippen LogP contribution < -0.4 is 10.6 Å². The third kappa shape index (κ3) is 4.09. The predicted molar refractivity (Wildman–Crippen MR) is 123 cm³/mol. The number of hydrogen-bond donors (Lipinski definition) is 3. The van der Waals surface area contributed by atoms with Crippen LogP contribution in [-0.2, 0) is 4.79 Å². The van der Waals surface area contributed by atoms with Gasteiger partial charge in [-0.25, -0.2) is 4.98 Å². The van der Waals surface area contributed by atoms with E-state index in [2.05, 4.69) is 25.7 Å². The van der Waals surface area contributed by atoms with Crippen LogP contribution in [0, 0.1) is 6.92 Å². The normalized spacial score (nSPS) is 23.3. The first-order valence-electron chi connectivity index (χ1n) is 10.7. The zero-order chi connectivity index (χ0) is 21.5. The molecule has 3 atom stereocenters. The molecule has 5 rings (SSSR count). The highest BCUT2D eigenvalue weighted by molar-refractivity contribution is 7.17. The lowest BCUT2D eigenvalue weighted by atomic mass is 9.97. The van der Waals surface area contributed by atoms with Crippen molar-refractivity contribution in [3.8, 4) is 0 Å². The molecule has 0 unspecified atom stereocenters. The molecule has 0 aliphatic carbocycles. The van der Waals surface area contributed by atoms with Gasteiger partial charge < -0.3 is 15.5 Å². The highest BCUT2D eigenvalue weighted by Crippen LogP contribution is 2.37. The number of rotatable bonds is 6. The maximum Gasteiger partial charge on any atom is 0.236 e. The zero-order valence-electron chi connectivity index (χ0n) is 18.1. The van der Waals surface area contributed by atoms with E-state index in [1.165, 1.54) is 0 Å². The molecular formula is C21H28N8OS. The van der Waals surface area contributed by atoms with Crippen LogP contribution in [-0.4, -0.2) is 74.6 Å². The van der Waals surface area contributed by atoms with Gasteiger partial charge in [0.05, 0.1) is 16.8 Å².